The fraction of sp³-hybridized carbons (Fsp3) is 0.900. The molecule has 0 unspecified atom stereocenters. The van der Waals surface area contributed by atoms with Gasteiger partial charge in [-0.3, -0.25) is 4.79 Å². The minimum Gasteiger partial charge on any atom is -0.355 e. The van der Waals surface area contributed by atoms with E-state index in [-0.39, 0.29) is 11.4 Å². The van der Waals surface area contributed by atoms with Gasteiger partial charge in [0.2, 0.25) is 5.91 Å². The third kappa shape index (κ3) is 6.27. The van der Waals surface area contributed by atoms with Crippen LogP contribution in [0.15, 0.2) is 0 Å². The molecular weight excluding hydrogens is 196 g/mol. The van der Waals surface area contributed by atoms with Crippen LogP contribution in [0.3, 0.4) is 0 Å². The van der Waals surface area contributed by atoms with Crippen molar-refractivity contribution in [3.05, 3.63) is 0 Å². The number of nitrogens with two attached hydrogens (primary N) is 1. The van der Waals surface area contributed by atoms with Crippen LogP contribution >= 0.6 is 11.8 Å². The summed E-state index contributed by atoms with van der Waals surface area (Å²) in [7, 11) is 0. The van der Waals surface area contributed by atoms with Crippen molar-refractivity contribution >= 4 is 17.7 Å². The molecule has 1 aliphatic carbocycles. The zero-order chi connectivity index (χ0) is 10.6. The third-order valence-corrected chi connectivity index (χ3v) is 3.41. The van der Waals surface area contributed by atoms with Gasteiger partial charge in [0.25, 0.3) is 0 Å². The number of hydrogen-bond donors (Lipinski definition) is 2. The first-order chi connectivity index (χ1) is 6.47. The van der Waals surface area contributed by atoms with Crippen LogP contribution in [0.5, 0.6) is 0 Å². The lowest BCUT2D eigenvalue weighted by Crippen LogP contribution is -2.36. The van der Waals surface area contributed by atoms with Crippen LogP contribution in [0.2, 0.25) is 0 Å². The fourth-order valence-corrected chi connectivity index (χ4v) is 1.95. The van der Waals surface area contributed by atoms with Gasteiger partial charge in [0.05, 0.1) is 5.75 Å². The van der Waals surface area contributed by atoms with E-state index in [4.69, 9.17) is 5.73 Å². The van der Waals surface area contributed by atoms with Crippen LogP contribution in [0.4, 0.5) is 0 Å². The van der Waals surface area contributed by atoms with Gasteiger partial charge in [-0.2, -0.15) is 11.8 Å². The van der Waals surface area contributed by atoms with Crippen molar-refractivity contribution in [2.45, 2.75) is 32.2 Å². The summed E-state index contributed by atoms with van der Waals surface area (Å²) in [6.07, 6.45) is 2.56. The maximum absolute atomic E-state index is 11.3. The Morgan fingerprint density at radius 2 is 2.21 bits per heavy atom. The molecule has 0 radical (unpaired) electrons. The van der Waals surface area contributed by atoms with Crippen LogP contribution in [-0.4, -0.2) is 29.5 Å². The highest BCUT2D eigenvalue weighted by Crippen LogP contribution is 2.27. The summed E-state index contributed by atoms with van der Waals surface area (Å²) in [5.41, 5.74) is 5.62. The van der Waals surface area contributed by atoms with E-state index in [0.717, 1.165) is 18.2 Å². The monoisotopic (exact) mass is 216 g/mol. The minimum absolute atomic E-state index is 0.145. The number of nitrogens with one attached hydrogen (secondary N) is 1. The molecule has 1 aliphatic rings. The zero-order valence-corrected chi connectivity index (χ0v) is 9.82. The Kier molecular flexibility index (Phi) is 4.26. The van der Waals surface area contributed by atoms with E-state index in [9.17, 15) is 4.79 Å². The van der Waals surface area contributed by atoms with Gasteiger partial charge in [0, 0.05) is 17.8 Å². The second-order valence-electron chi connectivity index (χ2n) is 4.73. The molecule has 0 bridgehead atoms. The topological polar surface area (TPSA) is 55.1 Å². The summed E-state index contributed by atoms with van der Waals surface area (Å²) < 4.78 is 0. The third-order valence-electron chi connectivity index (χ3n) is 1.99. The van der Waals surface area contributed by atoms with Crippen molar-refractivity contribution in [2.75, 3.05) is 18.1 Å². The predicted molar refractivity (Wildman–Crippen MR) is 61.3 cm³/mol. The first-order valence-electron chi connectivity index (χ1n) is 5.11. The summed E-state index contributed by atoms with van der Waals surface area (Å²) in [6.45, 7) is 4.82. The van der Waals surface area contributed by atoms with Gasteiger partial charge < -0.3 is 11.1 Å². The first kappa shape index (κ1) is 11.9. The van der Waals surface area contributed by atoms with Crippen LogP contribution in [0, 0.1) is 5.92 Å². The summed E-state index contributed by atoms with van der Waals surface area (Å²) in [5.74, 6) is 2.26. The maximum atomic E-state index is 11.3. The summed E-state index contributed by atoms with van der Waals surface area (Å²) in [4.78, 5) is 11.3. The molecule has 3 nitrogen and oxygen atoms in total. The number of thioether (sulfide) groups is 1. The average Bonchev–Trinajstić information content (AvgIpc) is 2.81. The Bertz CT molecular complexity index is 197. The molecule has 82 valence electrons. The highest BCUT2D eigenvalue weighted by molar-refractivity contribution is 8.00. The molecule has 0 heterocycles. The van der Waals surface area contributed by atoms with E-state index >= 15 is 0 Å². The molecule has 1 amide bonds. The van der Waals surface area contributed by atoms with E-state index in [2.05, 4.69) is 5.32 Å². The van der Waals surface area contributed by atoms with Crippen LogP contribution in [0.1, 0.15) is 26.7 Å². The number of carbonyl (C=O) groups is 1. The normalized spacial score (nSPS) is 16.8. The number of rotatable bonds is 6. The van der Waals surface area contributed by atoms with Crippen LogP contribution in [0.25, 0.3) is 0 Å². The Hall–Kier alpha value is -0.220. The lowest BCUT2D eigenvalue weighted by molar-refractivity contribution is -0.118. The van der Waals surface area contributed by atoms with E-state index in [1.54, 1.807) is 11.8 Å². The summed E-state index contributed by atoms with van der Waals surface area (Å²) in [6, 6.07) is 0. The molecule has 0 aromatic rings. The largest absolute Gasteiger partial charge is 0.355 e. The predicted octanol–water partition coefficient (Wildman–Crippen LogP) is 0.983. The van der Waals surface area contributed by atoms with Gasteiger partial charge in [-0.25, -0.2) is 0 Å². The minimum atomic E-state index is -0.179. The van der Waals surface area contributed by atoms with Crippen molar-refractivity contribution in [1.29, 1.82) is 0 Å². The highest BCUT2D eigenvalue weighted by atomic mass is 32.2. The molecule has 0 aromatic carbocycles. The number of carbonyl (C=O) groups excluding carboxylic acids is 1. The molecule has 0 saturated heterocycles. The molecule has 1 saturated carbocycles. The van der Waals surface area contributed by atoms with E-state index in [1.807, 2.05) is 13.8 Å². The van der Waals surface area contributed by atoms with Crippen molar-refractivity contribution in [3.63, 3.8) is 0 Å². The molecule has 0 spiro atoms. The van der Waals surface area contributed by atoms with Gasteiger partial charge >= 0.3 is 0 Å². The standard InChI is InChI=1S/C10H20N2OS/c1-10(2,11)7-14-6-9(13)12-5-8-3-4-8/h8H,3-7,11H2,1-2H3,(H,12,13). The van der Waals surface area contributed by atoms with Gasteiger partial charge in [0.15, 0.2) is 0 Å². The fourth-order valence-electron chi connectivity index (χ4n) is 1.04. The van der Waals surface area contributed by atoms with E-state index in [1.165, 1.54) is 12.8 Å². The van der Waals surface area contributed by atoms with E-state index in [0.29, 0.717) is 5.75 Å². The number of hydrogen-bond acceptors (Lipinski definition) is 3. The average molecular weight is 216 g/mol. The van der Waals surface area contributed by atoms with E-state index < -0.39 is 0 Å². The van der Waals surface area contributed by atoms with Crippen molar-refractivity contribution in [3.8, 4) is 0 Å². The maximum Gasteiger partial charge on any atom is 0.230 e. The van der Waals surface area contributed by atoms with Gasteiger partial charge in [-0.1, -0.05) is 0 Å². The van der Waals surface area contributed by atoms with Gasteiger partial charge in [0.1, 0.15) is 0 Å². The molecular formula is C10H20N2OS. The molecule has 1 fully saturated rings. The lowest BCUT2D eigenvalue weighted by atomic mass is 10.1. The summed E-state index contributed by atoms with van der Waals surface area (Å²) in [5, 5.41) is 2.93. The molecule has 14 heavy (non-hydrogen) atoms. The second kappa shape index (κ2) is 5.03. The van der Waals surface area contributed by atoms with Crippen molar-refractivity contribution in [2.24, 2.45) is 11.7 Å². The quantitative estimate of drug-likeness (QED) is 0.696. The zero-order valence-electron chi connectivity index (χ0n) is 9.01. The second-order valence-corrected chi connectivity index (χ2v) is 5.71. The molecule has 1 rings (SSSR count). The van der Waals surface area contributed by atoms with Crippen molar-refractivity contribution in [1.82, 2.24) is 5.32 Å². The van der Waals surface area contributed by atoms with Crippen molar-refractivity contribution < 1.29 is 4.79 Å². The molecule has 0 aliphatic heterocycles. The van der Waals surface area contributed by atoms with Gasteiger partial charge in [-0.15, -0.1) is 0 Å². The molecule has 0 atom stereocenters. The molecule has 3 N–H and O–H groups in total. The Balaban J connectivity index is 1.96. The Morgan fingerprint density at radius 3 is 2.71 bits per heavy atom. The first-order valence-corrected chi connectivity index (χ1v) is 6.26. The molecule has 0 aromatic heterocycles. The summed E-state index contributed by atoms with van der Waals surface area (Å²) >= 11 is 1.60. The lowest BCUT2D eigenvalue weighted by Gasteiger charge is -2.17. The molecule has 4 heteroatoms. The van der Waals surface area contributed by atoms with Gasteiger partial charge in [-0.05, 0) is 32.6 Å². The number of amides is 1. The SMILES string of the molecule is CC(C)(N)CSCC(=O)NCC1CC1. The highest BCUT2D eigenvalue weighted by Gasteiger charge is 2.21. The van der Waals surface area contributed by atoms with Crippen LogP contribution in [-0.2, 0) is 4.79 Å². The smallest absolute Gasteiger partial charge is 0.230 e. The van der Waals surface area contributed by atoms with Crippen LogP contribution < -0.4 is 11.1 Å². The Labute approximate surface area is 90.2 Å². The Morgan fingerprint density at radius 1 is 1.57 bits per heavy atom.